The molecule has 0 saturated carbocycles. The summed E-state index contributed by atoms with van der Waals surface area (Å²) in [5.41, 5.74) is 0. The van der Waals surface area contributed by atoms with Crippen molar-refractivity contribution in [1.82, 2.24) is 0 Å². The van der Waals surface area contributed by atoms with E-state index in [1.165, 1.54) is 13.1 Å². The lowest BCUT2D eigenvalue weighted by Crippen LogP contribution is -3.00. The molecule has 0 fully saturated rings. The molecule has 0 radical (unpaired) electrons. The molecule has 0 aliphatic carbocycles. The van der Waals surface area contributed by atoms with Gasteiger partial charge in [-0.25, -0.2) is 0 Å². The second-order valence-electron chi connectivity index (χ2n) is 5.14. The van der Waals surface area contributed by atoms with Gasteiger partial charge in [-0.05, 0) is 6.08 Å². The lowest BCUT2D eigenvalue weighted by atomic mass is 10.4. The summed E-state index contributed by atoms with van der Waals surface area (Å²) < 4.78 is 2.08. The van der Waals surface area contributed by atoms with Gasteiger partial charge < -0.3 is 38.4 Å². The fourth-order valence-electron chi connectivity index (χ4n) is 1.01. The summed E-state index contributed by atoms with van der Waals surface area (Å²) in [6, 6.07) is 0. The molecule has 0 aliphatic rings. The zero-order valence-electron chi connectivity index (χ0n) is 10.1. The van der Waals surface area contributed by atoms with Crippen LogP contribution in [0.25, 0.3) is 0 Å². The Bertz CT molecular complexity index is 153. The summed E-state index contributed by atoms with van der Waals surface area (Å²) >= 11 is 0. The Morgan fingerprint density at radius 1 is 1.00 bits per heavy atom. The third-order valence-corrected chi connectivity index (χ3v) is 2.00. The number of likely N-dealkylation sites (N-methyl/N-ethyl adjacent to an activating group) is 2. The molecule has 4 heteroatoms. The summed E-state index contributed by atoms with van der Waals surface area (Å²) in [6.07, 6.45) is 2.00. The van der Waals surface area contributed by atoms with E-state index in [-0.39, 0.29) is 29.4 Å². The molecule has 0 saturated heterocycles. The van der Waals surface area contributed by atoms with E-state index in [0.29, 0.717) is 0 Å². The number of nitrogens with zero attached hydrogens (tertiary/aromatic N) is 2. The number of quaternary nitrogens is 2. The molecule has 0 aromatic carbocycles. The molecule has 0 unspecified atom stereocenters. The van der Waals surface area contributed by atoms with Crippen molar-refractivity contribution >= 4 is 0 Å². The van der Waals surface area contributed by atoms with E-state index in [2.05, 4.69) is 41.8 Å². The number of rotatable bonds is 5. The van der Waals surface area contributed by atoms with Crippen LogP contribution in [0.4, 0.5) is 0 Å². The Labute approximate surface area is 106 Å². The molecule has 0 aliphatic heterocycles. The van der Waals surface area contributed by atoms with E-state index in [9.17, 15) is 0 Å². The van der Waals surface area contributed by atoms with Gasteiger partial charge in [-0.3, -0.25) is 0 Å². The van der Waals surface area contributed by atoms with Crippen molar-refractivity contribution in [2.45, 2.75) is 0 Å². The molecule has 0 atom stereocenters. The summed E-state index contributed by atoms with van der Waals surface area (Å²) in [5, 5.41) is 0. The molecule has 0 spiro atoms. The smallest absolute Gasteiger partial charge is 0.128 e. The summed E-state index contributed by atoms with van der Waals surface area (Å²) in [7, 11) is 11.2. The standard InChI is InChI=1S/C10H24N2.BrH.ClH/c1-7-8-12(5,6)10-9-11(2,3)4;;/h7H,1,8-10H2,2-6H3;2*1H/q+2;;/p-2. The number of hydrogen-bond acceptors (Lipinski definition) is 0. The van der Waals surface area contributed by atoms with E-state index >= 15 is 0 Å². The van der Waals surface area contributed by atoms with Crippen molar-refractivity contribution in [3.05, 3.63) is 12.7 Å². The highest BCUT2D eigenvalue weighted by atomic mass is 79.9. The topological polar surface area (TPSA) is 0 Å². The maximum Gasteiger partial charge on any atom is 0.128 e. The van der Waals surface area contributed by atoms with Crippen LogP contribution in [-0.4, -0.2) is 63.8 Å². The predicted octanol–water partition coefficient (Wildman–Crippen LogP) is -5.04. The first kappa shape index (κ1) is 19.9. The highest BCUT2D eigenvalue weighted by molar-refractivity contribution is 4.64. The first-order valence-electron chi connectivity index (χ1n) is 4.50. The fourth-order valence-corrected chi connectivity index (χ4v) is 1.01. The van der Waals surface area contributed by atoms with Gasteiger partial charge in [0.25, 0.3) is 0 Å². The lowest BCUT2D eigenvalue weighted by molar-refractivity contribution is -0.934. The average molecular weight is 288 g/mol. The first-order valence-corrected chi connectivity index (χ1v) is 4.50. The monoisotopic (exact) mass is 286 g/mol. The molecule has 14 heavy (non-hydrogen) atoms. The van der Waals surface area contributed by atoms with Gasteiger partial charge in [0.05, 0.1) is 41.8 Å². The Hall–Kier alpha value is 0.430. The van der Waals surface area contributed by atoms with Crippen molar-refractivity contribution in [2.75, 3.05) is 54.9 Å². The van der Waals surface area contributed by atoms with E-state index < -0.39 is 0 Å². The molecule has 88 valence electrons. The van der Waals surface area contributed by atoms with Crippen LogP contribution in [0.15, 0.2) is 12.7 Å². The maximum absolute atomic E-state index is 3.77. The summed E-state index contributed by atoms with van der Waals surface area (Å²) in [4.78, 5) is 0. The first-order chi connectivity index (χ1) is 5.27. The van der Waals surface area contributed by atoms with Crippen LogP contribution in [0.1, 0.15) is 0 Å². The lowest BCUT2D eigenvalue weighted by Gasteiger charge is -2.32. The van der Waals surface area contributed by atoms with Crippen molar-refractivity contribution in [3.63, 3.8) is 0 Å². The molecule has 0 heterocycles. The van der Waals surface area contributed by atoms with Crippen LogP contribution in [0.3, 0.4) is 0 Å². The average Bonchev–Trinajstić information content (AvgIpc) is 1.83. The van der Waals surface area contributed by atoms with Gasteiger partial charge in [0.2, 0.25) is 0 Å². The Morgan fingerprint density at radius 2 is 1.43 bits per heavy atom. The molecule has 0 N–H and O–H groups in total. The largest absolute Gasteiger partial charge is 1.00 e. The van der Waals surface area contributed by atoms with E-state index in [0.717, 1.165) is 15.5 Å². The predicted molar refractivity (Wildman–Crippen MR) is 54.9 cm³/mol. The zero-order chi connectivity index (χ0) is 9.83. The van der Waals surface area contributed by atoms with Gasteiger partial charge in [-0.2, -0.15) is 0 Å². The van der Waals surface area contributed by atoms with Crippen molar-refractivity contribution in [1.29, 1.82) is 0 Å². The highest BCUT2D eigenvalue weighted by Gasteiger charge is 2.17. The van der Waals surface area contributed by atoms with Crippen LogP contribution in [0.2, 0.25) is 0 Å². The van der Waals surface area contributed by atoms with E-state index in [1.54, 1.807) is 0 Å². The molecular formula is C10H24BrClN2. The van der Waals surface area contributed by atoms with Crippen molar-refractivity contribution in [3.8, 4) is 0 Å². The van der Waals surface area contributed by atoms with Crippen molar-refractivity contribution < 1.29 is 38.4 Å². The minimum atomic E-state index is 0. The molecule has 0 rings (SSSR count). The number of halogens is 2. The molecular weight excluding hydrogens is 263 g/mol. The third-order valence-electron chi connectivity index (χ3n) is 2.00. The summed E-state index contributed by atoms with van der Waals surface area (Å²) in [5.74, 6) is 0. The summed E-state index contributed by atoms with van der Waals surface area (Å²) in [6.45, 7) is 7.24. The molecule has 0 aromatic heterocycles. The van der Waals surface area contributed by atoms with E-state index in [1.807, 2.05) is 6.08 Å². The third kappa shape index (κ3) is 12.4. The Balaban J connectivity index is -0.000000605. The van der Waals surface area contributed by atoms with E-state index in [4.69, 9.17) is 0 Å². The molecule has 0 aromatic rings. The van der Waals surface area contributed by atoms with Crippen LogP contribution in [-0.2, 0) is 0 Å². The van der Waals surface area contributed by atoms with Crippen LogP contribution >= 0.6 is 0 Å². The Kier molecular flexibility index (Phi) is 10.9. The molecule has 0 bridgehead atoms. The highest BCUT2D eigenvalue weighted by Crippen LogP contribution is 1.99. The second kappa shape index (κ2) is 7.69. The quantitative estimate of drug-likeness (QED) is 0.351. The van der Waals surface area contributed by atoms with Gasteiger partial charge in [0, 0.05) is 0 Å². The van der Waals surface area contributed by atoms with Crippen LogP contribution < -0.4 is 29.4 Å². The van der Waals surface area contributed by atoms with Crippen LogP contribution in [0, 0.1) is 0 Å². The molecule has 0 amide bonds. The molecule has 2 nitrogen and oxygen atoms in total. The van der Waals surface area contributed by atoms with Gasteiger partial charge in [0.15, 0.2) is 0 Å². The van der Waals surface area contributed by atoms with Gasteiger partial charge in [-0.15, -0.1) is 0 Å². The maximum atomic E-state index is 3.77. The minimum Gasteiger partial charge on any atom is -1.00 e. The van der Waals surface area contributed by atoms with Gasteiger partial charge in [0.1, 0.15) is 13.1 Å². The normalized spacial score (nSPS) is 11.2. The van der Waals surface area contributed by atoms with Crippen molar-refractivity contribution in [2.24, 2.45) is 0 Å². The zero-order valence-corrected chi connectivity index (χ0v) is 12.4. The Morgan fingerprint density at radius 3 is 1.71 bits per heavy atom. The SMILES string of the molecule is C=CC[N+](C)(C)CC[N+](C)(C)C.[Br-].[Cl-]. The van der Waals surface area contributed by atoms with Gasteiger partial charge in [-0.1, -0.05) is 6.58 Å². The fraction of sp³-hybridized carbons (Fsp3) is 0.800. The minimum absolute atomic E-state index is 0. The second-order valence-corrected chi connectivity index (χ2v) is 5.14. The van der Waals surface area contributed by atoms with Gasteiger partial charge >= 0.3 is 0 Å². The van der Waals surface area contributed by atoms with Crippen LogP contribution in [0.5, 0.6) is 0 Å². The number of hydrogen-bond donors (Lipinski definition) is 0.